The second kappa shape index (κ2) is 8.23. The normalized spacial score (nSPS) is 12.3. The molecule has 0 aliphatic rings. The van der Waals surface area contributed by atoms with Gasteiger partial charge in [-0.15, -0.1) is 11.7 Å². The lowest BCUT2D eigenvalue weighted by atomic mass is 10.00. The van der Waals surface area contributed by atoms with E-state index in [0.717, 1.165) is 22.7 Å². The van der Waals surface area contributed by atoms with Crippen LogP contribution in [0.25, 0.3) is 0 Å². The molecular formula is C19H24N4O2S. The number of benzene rings is 1. The van der Waals surface area contributed by atoms with Gasteiger partial charge in [-0.2, -0.15) is 0 Å². The Morgan fingerprint density at radius 1 is 1.31 bits per heavy atom. The summed E-state index contributed by atoms with van der Waals surface area (Å²) in [5.74, 6) is -0.604. The highest BCUT2D eigenvalue weighted by Crippen LogP contribution is 2.24. The molecule has 1 aromatic heterocycles. The molecule has 2 aromatic rings. The predicted molar refractivity (Wildman–Crippen MR) is 103 cm³/mol. The maximum absolute atomic E-state index is 13.1. The molecule has 0 bridgehead atoms. The average molecular weight is 372 g/mol. The standard InChI is InChI=1S/C19H24N4O2S/c1-6-11-23(18(25)15-12-26-22-21-15)16(17(24)20-19(3,4)5)14-9-7-13(2)8-10-14/h6-10,12,16H,1,11H2,2-5H3,(H,20,24)/t16-/m0/s1. The van der Waals surface area contributed by atoms with Crippen molar-refractivity contribution in [3.8, 4) is 0 Å². The Bertz CT molecular complexity index is 764. The van der Waals surface area contributed by atoms with Crippen molar-refractivity contribution >= 4 is 23.3 Å². The molecule has 1 atom stereocenters. The molecule has 0 saturated heterocycles. The molecule has 0 aliphatic carbocycles. The van der Waals surface area contributed by atoms with Crippen LogP contribution in [0.3, 0.4) is 0 Å². The summed E-state index contributed by atoms with van der Waals surface area (Å²) in [6, 6.07) is 6.79. The lowest BCUT2D eigenvalue weighted by molar-refractivity contribution is -0.127. The lowest BCUT2D eigenvalue weighted by Gasteiger charge is -2.32. The Balaban J connectivity index is 2.47. The van der Waals surface area contributed by atoms with Gasteiger partial charge in [-0.3, -0.25) is 9.59 Å². The minimum atomic E-state index is -0.790. The third kappa shape index (κ3) is 4.98. The summed E-state index contributed by atoms with van der Waals surface area (Å²) in [5.41, 5.74) is 1.60. The zero-order valence-electron chi connectivity index (χ0n) is 15.5. The van der Waals surface area contributed by atoms with Gasteiger partial charge in [-0.25, -0.2) is 0 Å². The Labute approximate surface area is 158 Å². The van der Waals surface area contributed by atoms with Gasteiger partial charge in [-0.05, 0) is 44.8 Å². The molecular weight excluding hydrogens is 348 g/mol. The molecule has 1 aromatic carbocycles. The van der Waals surface area contributed by atoms with Crippen molar-refractivity contribution in [2.24, 2.45) is 0 Å². The van der Waals surface area contributed by atoms with Gasteiger partial charge in [0, 0.05) is 17.5 Å². The summed E-state index contributed by atoms with van der Waals surface area (Å²) >= 11 is 1.10. The van der Waals surface area contributed by atoms with Crippen molar-refractivity contribution in [2.75, 3.05) is 6.54 Å². The fourth-order valence-corrected chi connectivity index (χ4v) is 2.94. The van der Waals surface area contributed by atoms with Crippen molar-refractivity contribution in [1.29, 1.82) is 0 Å². The van der Waals surface area contributed by atoms with Crippen LogP contribution in [0.15, 0.2) is 42.3 Å². The molecule has 0 spiro atoms. The van der Waals surface area contributed by atoms with Crippen LogP contribution >= 0.6 is 11.5 Å². The van der Waals surface area contributed by atoms with Crippen molar-refractivity contribution in [1.82, 2.24) is 19.8 Å². The van der Waals surface area contributed by atoms with Gasteiger partial charge < -0.3 is 10.2 Å². The third-order valence-electron chi connectivity index (χ3n) is 3.62. The van der Waals surface area contributed by atoms with Crippen molar-refractivity contribution < 1.29 is 9.59 Å². The molecule has 2 rings (SSSR count). The van der Waals surface area contributed by atoms with Crippen LogP contribution in [0.4, 0.5) is 0 Å². The van der Waals surface area contributed by atoms with E-state index < -0.39 is 11.6 Å². The summed E-state index contributed by atoms with van der Waals surface area (Å²) < 4.78 is 3.75. The zero-order valence-corrected chi connectivity index (χ0v) is 16.3. The molecule has 6 nitrogen and oxygen atoms in total. The summed E-state index contributed by atoms with van der Waals surface area (Å²) in [4.78, 5) is 27.5. The van der Waals surface area contributed by atoms with E-state index >= 15 is 0 Å². The fourth-order valence-electron chi connectivity index (χ4n) is 2.51. The van der Waals surface area contributed by atoms with Gasteiger partial charge in [0.15, 0.2) is 5.69 Å². The second-order valence-corrected chi connectivity index (χ2v) is 7.70. The molecule has 1 N–H and O–H groups in total. The molecule has 1 heterocycles. The van der Waals surface area contributed by atoms with E-state index in [0.29, 0.717) is 0 Å². The number of rotatable bonds is 6. The SMILES string of the molecule is C=CCN(C(=O)c1csnn1)[C@H](C(=O)NC(C)(C)C)c1ccc(C)cc1. The highest BCUT2D eigenvalue weighted by Gasteiger charge is 2.33. The lowest BCUT2D eigenvalue weighted by Crippen LogP contribution is -2.49. The van der Waals surface area contributed by atoms with Gasteiger partial charge in [0.25, 0.3) is 5.91 Å². The number of hydrogen-bond acceptors (Lipinski definition) is 5. The molecule has 138 valence electrons. The molecule has 2 amide bonds. The van der Waals surface area contributed by atoms with Crippen molar-refractivity contribution in [2.45, 2.75) is 39.3 Å². The monoisotopic (exact) mass is 372 g/mol. The van der Waals surface area contributed by atoms with E-state index in [1.165, 1.54) is 4.90 Å². The molecule has 0 aliphatic heterocycles. The number of aromatic nitrogens is 2. The van der Waals surface area contributed by atoms with E-state index in [9.17, 15) is 9.59 Å². The van der Waals surface area contributed by atoms with E-state index in [1.54, 1.807) is 11.5 Å². The second-order valence-electron chi connectivity index (χ2n) is 7.09. The third-order valence-corrected chi connectivity index (χ3v) is 4.12. The van der Waals surface area contributed by atoms with Crippen LogP contribution < -0.4 is 5.32 Å². The number of nitrogens with one attached hydrogen (secondary N) is 1. The smallest absolute Gasteiger partial charge is 0.276 e. The Morgan fingerprint density at radius 3 is 2.46 bits per heavy atom. The topological polar surface area (TPSA) is 75.2 Å². The zero-order chi connectivity index (χ0) is 19.3. The molecule has 26 heavy (non-hydrogen) atoms. The predicted octanol–water partition coefficient (Wildman–Crippen LogP) is 3.13. The first kappa shape index (κ1) is 19.8. The Hall–Kier alpha value is -2.54. The van der Waals surface area contributed by atoms with Gasteiger partial charge in [0.1, 0.15) is 6.04 Å². The van der Waals surface area contributed by atoms with Crippen LogP contribution in [-0.4, -0.2) is 38.4 Å². The molecule has 7 heteroatoms. The van der Waals surface area contributed by atoms with Gasteiger partial charge in [-0.1, -0.05) is 40.4 Å². The summed E-state index contributed by atoms with van der Waals surface area (Å²) in [6.45, 7) is 11.6. The van der Waals surface area contributed by atoms with Crippen molar-refractivity contribution in [3.63, 3.8) is 0 Å². The van der Waals surface area contributed by atoms with Crippen LogP contribution in [0, 0.1) is 6.92 Å². The van der Waals surface area contributed by atoms with E-state index in [1.807, 2.05) is 52.0 Å². The average Bonchev–Trinajstić information content (AvgIpc) is 3.08. The maximum Gasteiger partial charge on any atom is 0.276 e. The van der Waals surface area contributed by atoms with Gasteiger partial charge >= 0.3 is 0 Å². The van der Waals surface area contributed by atoms with E-state index in [4.69, 9.17) is 0 Å². The molecule has 0 unspecified atom stereocenters. The minimum absolute atomic E-state index is 0.215. The minimum Gasteiger partial charge on any atom is -0.349 e. The van der Waals surface area contributed by atoms with E-state index in [-0.39, 0.29) is 24.1 Å². The number of nitrogens with zero attached hydrogens (tertiary/aromatic N) is 3. The van der Waals surface area contributed by atoms with Gasteiger partial charge in [0.2, 0.25) is 5.91 Å². The quantitative estimate of drug-likeness (QED) is 0.791. The number of amides is 2. The maximum atomic E-state index is 13.1. The van der Waals surface area contributed by atoms with Crippen LogP contribution in [-0.2, 0) is 4.79 Å². The highest BCUT2D eigenvalue weighted by molar-refractivity contribution is 7.03. The number of carbonyl (C=O) groups is 2. The highest BCUT2D eigenvalue weighted by atomic mass is 32.1. The van der Waals surface area contributed by atoms with Crippen LogP contribution in [0.2, 0.25) is 0 Å². The summed E-state index contributed by atoms with van der Waals surface area (Å²) in [7, 11) is 0. The first-order valence-corrected chi connectivity index (χ1v) is 9.14. The first-order valence-electron chi connectivity index (χ1n) is 8.30. The van der Waals surface area contributed by atoms with Crippen molar-refractivity contribution in [3.05, 3.63) is 59.1 Å². The van der Waals surface area contributed by atoms with E-state index in [2.05, 4.69) is 21.5 Å². The summed E-state index contributed by atoms with van der Waals surface area (Å²) in [5, 5.41) is 8.40. The Kier molecular flexibility index (Phi) is 6.26. The fraction of sp³-hybridized carbons (Fsp3) is 0.368. The molecule has 0 saturated carbocycles. The molecule has 0 fully saturated rings. The van der Waals surface area contributed by atoms with Gasteiger partial charge in [0.05, 0.1) is 0 Å². The first-order chi connectivity index (χ1) is 12.2. The Morgan fingerprint density at radius 2 is 1.96 bits per heavy atom. The largest absolute Gasteiger partial charge is 0.349 e. The van der Waals surface area contributed by atoms with Crippen LogP contribution in [0.5, 0.6) is 0 Å². The van der Waals surface area contributed by atoms with Crippen LogP contribution in [0.1, 0.15) is 48.4 Å². The molecule has 0 radical (unpaired) electrons. The number of hydrogen-bond donors (Lipinski definition) is 1. The number of carbonyl (C=O) groups excluding carboxylic acids is 2. The summed E-state index contributed by atoms with van der Waals surface area (Å²) in [6.07, 6.45) is 1.60. The number of aryl methyl sites for hydroxylation is 1.